The first-order valence-corrected chi connectivity index (χ1v) is 7.50. The largest absolute Gasteiger partial charge is 0.495 e. The van der Waals surface area contributed by atoms with Crippen molar-refractivity contribution in [3.8, 4) is 11.5 Å². The summed E-state index contributed by atoms with van der Waals surface area (Å²) in [6, 6.07) is 10.2. The number of rotatable bonds is 6. The molecule has 0 aliphatic rings. The monoisotopic (exact) mass is 354 g/mol. The Morgan fingerprint density at radius 3 is 2.48 bits per heavy atom. The Morgan fingerprint density at radius 2 is 1.83 bits per heavy atom. The molecule has 0 unspecified atom stereocenters. The number of halogens is 2. The van der Waals surface area contributed by atoms with E-state index in [1.54, 1.807) is 36.4 Å². The zero-order chi connectivity index (χ0) is 16.8. The molecule has 122 valence electrons. The van der Waals surface area contributed by atoms with Gasteiger partial charge in [-0.2, -0.15) is 0 Å². The Balaban J connectivity index is 2.03. The van der Waals surface area contributed by atoms with Crippen LogP contribution in [0.15, 0.2) is 36.4 Å². The van der Waals surface area contributed by atoms with Crippen LogP contribution in [-0.4, -0.2) is 26.7 Å². The highest BCUT2D eigenvalue weighted by atomic mass is 35.5. The van der Waals surface area contributed by atoms with Crippen LogP contribution in [-0.2, 0) is 4.79 Å². The average molecular weight is 355 g/mol. The van der Waals surface area contributed by atoms with Gasteiger partial charge in [0.2, 0.25) is 5.91 Å². The number of hydrogen-bond donors (Lipinski definition) is 2. The molecule has 0 aliphatic carbocycles. The molecule has 5 nitrogen and oxygen atoms in total. The number of methoxy groups -OCH3 is 2. The van der Waals surface area contributed by atoms with E-state index in [0.717, 1.165) is 0 Å². The van der Waals surface area contributed by atoms with Crippen molar-refractivity contribution in [1.29, 1.82) is 0 Å². The number of hydrogen-bond acceptors (Lipinski definition) is 4. The maximum atomic E-state index is 12.0. The number of carbonyl (C=O) groups excluding carboxylic acids is 1. The molecule has 2 N–H and O–H groups in total. The Kier molecular flexibility index (Phi) is 5.96. The van der Waals surface area contributed by atoms with Gasteiger partial charge in [-0.25, -0.2) is 0 Å². The summed E-state index contributed by atoms with van der Waals surface area (Å²) in [5, 5.41) is 6.72. The maximum absolute atomic E-state index is 12.0. The van der Waals surface area contributed by atoms with Gasteiger partial charge in [0.1, 0.15) is 11.5 Å². The van der Waals surface area contributed by atoms with Crippen molar-refractivity contribution in [3.63, 3.8) is 0 Å². The van der Waals surface area contributed by atoms with Crippen LogP contribution in [0, 0.1) is 0 Å². The van der Waals surface area contributed by atoms with E-state index < -0.39 is 0 Å². The first-order chi connectivity index (χ1) is 11.0. The van der Waals surface area contributed by atoms with Crippen LogP contribution in [0.5, 0.6) is 11.5 Å². The highest BCUT2D eigenvalue weighted by Crippen LogP contribution is 2.35. The Morgan fingerprint density at radius 1 is 1.09 bits per heavy atom. The van der Waals surface area contributed by atoms with Crippen LogP contribution in [0.1, 0.15) is 0 Å². The fourth-order valence-electron chi connectivity index (χ4n) is 1.95. The van der Waals surface area contributed by atoms with Crippen LogP contribution in [0.2, 0.25) is 10.0 Å². The quantitative estimate of drug-likeness (QED) is 0.820. The van der Waals surface area contributed by atoms with Crippen LogP contribution >= 0.6 is 23.2 Å². The van der Waals surface area contributed by atoms with Crippen molar-refractivity contribution in [2.75, 3.05) is 31.4 Å². The minimum absolute atomic E-state index is 0.0493. The van der Waals surface area contributed by atoms with Crippen molar-refractivity contribution < 1.29 is 14.3 Å². The number of carbonyl (C=O) groups is 1. The molecule has 2 rings (SSSR count). The lowest BCUT2D eigenvalue weighted by Crippen LogP contribution is -2.22. The van der Waals surface area contributed by atoms with E-state index in [1.165, 1.54) is 14.2 Å². The predicted molar refractivity (Wildman–Crippen MR) is 93.1 cm³/mol. The standard InChI is InChI=1S/C16H16Cl2N2O3/c1-22-14-8-13(15(23-2)7-12(14)18)19-9-16(21)20-11-5-3-4-10(17)6-11/h3-8,19H,9H2,1-2H3,(H,20,21). The molecule has 0 fully saturated rings. The number of amides is 1. The van der Waals surface area contributed by atoms with Gasteiger partial charge < -0.3 is 20.1 Å². The molecule has 0 aliphatic heterocycles. The van der Waals surface area contributed by atoms with Crippen LogP contribution in [0.3, 0.4) is 0 Å². The first-order valence-electron chi connectivity index (χ1n) is 6.74. The molecule has 0 bridgehead atoms. The second kappa shape index (κ2) is 7.94. The second-order valence-corrected chi connectivity index (χ2v) is 5.44. The zero-order valence-electron chi connectivity index (χ0n) is 12.7. The summed E-state index contributed by atoms with van der Waals surface area (Å²) < 4.78 is 10.4. The summed E-state index contributed by atoms with van der Waals surface area (Å²) in [5.74, 6) is 0.791. The molecule has 0 saturated heterocycles. The summed E-state index contributed by atoms with van der Waals surface area (Å²) >= 11 is 11.9. The third kappa shape index (κ3) is 4.68. The number of nitrogens with one attached hydrogen (secondary N) is 2. The molecule has 2 aromatic carbocycles. The summed E-state index contributed by atoms with van der Waals surface area (Å²) in [4.78, 5) is 12.0. The molecular weight excluding hydrogens is 339 g/mol. The first kappa shape index (κ1) is 17.2. The van der Waals surface area contributed by atoms with E-state index in [4.69, 9.17) is 32.7 Å². The van der Waals surface area contributed by atoms with Gasteiger partial charge in [0.05, 0.1) is 31.5 Å². The van der Waals surface area contributed by atoms with Crippen LogP contribution < -0.4 is 20.1 Å². The van der Waals surface area contributed by atoms with E-state index in [0.29, 0.717) is 32.9 Å². The van der Waals surface area contributed by atoms with E-state index >= 15 is 0 Å². The van der Waals surface area contributed by atoms with Gasteiger partial charge in [0.15, 0.2) is 0 Å². The third-order valence-electron chi connectivity index (χ3n) is 3.02. The minimum atomic E-state index is -0.219. The minimum Gasteiger partial charge on any atom is -0.495 e. The van der Waals surface area contributed by atoms with E-state index in [-0.39, 0.29) is 12.5 Å². The molecule has 0 aromatic heterocycles. The Hall–Kier alpha value is -2.11. The zero-order valence-corrected chi connectivity index (χ0v) is 14.2. The van der Waals surface area contributed by atoms with Crippen LogP contribution in [0.25, 0.3) is 0 Å². The van der Waals surface area contributed by atoms with Crippen molar-refractivity contribution in [1.82, 2.24) is 0 Å². The fourth-order valence-corrected chi connectivity index (χ4v) is 2.37. The molecule has 0 heterocycles. The molecule has 0 spiro atoms. The van der Waals surface area contributed by atoms with Crippen molar-refractivity contribution in [3.05, 3.63) is 46.4 Å². The molecule has 0 atom stereocenters. The highest BCUT2D eigenvalue weighted by molar-refractivity contribution is 6.32. The van der Waals surface area contributed by atoms with E-state index in [2.05, 4.69) is 10.6 Å². The SMILES string of the molecule is COc1cc(NCC(=O)Nc2cccc(Cl)c2)c(OC)cc1Cl. The van der Waals surface area contributed by atoms with Crippen molar-refractivity contribution in [2.45, 2.75) is 0 Å². The number of benzene rings is 2. The maximum Gasteiger partial charge on any atom is 0.243 e. The molecule has 0 saturated carbocycles. The van der Waals surface area contributed by atoms with E-state index in [9.17, 15) is 4.79 Å². The van der Waals surface area contributed by atoms with Gasteiger partial charge in [0.25, 0.3) is 0 Å². The summed E-state index contributed by atoms with van der Waals surface area (Å²) in [6.45, 7) is 0.0493. The summed E-state index contributed by atoms with van der Waals surface area (Å²) in [5.41, 5.74) is 1.24. The lowest BCUT2D eigenvalue weighted by Gasteiger charge is -2.14. The third-order valence-corrected chi connectivity index (χ3v) is 3.55. The summed E-state index contributed by atoms with van der Waals surface area (Å²) in [6.07, 6.45) is 0. The highest BCUT2D eigenvalue weighted by Gasteiger charge is 2.11. The summed E-state index contributed by atoms with van der Waals surface area (Å²) in [7, 11) is 3.04. The molecule has 1 amide bonds. The molecule has 23 heavy (non-hydrogen) atoms. The van der Waals surface area contributed by atoms with Crippen molar-refractivity contribution in [2.24, 2.45) is 0 Å². The van der Waals surface area contributed by atoms with Gasteiger partial charge in [-0.1, -0.05) is 29.3 Å². The Labute approximate surface area is 144 Å². The lowest BCUT2D eigenvalue weighted by atomic mass is 10.2. The normalized spacial score (nSPS) is 10.1. The number of ether oxygens (including phenoxy) is 2. The topological polar surface area (TPSA) is 59.6 Å². The fraction of sp³-hybridized carbons (Fsp3) is 0.188. The molecule has 2 aromatic rings. The molecular formula is C16H16Cl2N2O3. The van der Waals surface area contributed by atoms with Gasteiger partial charge in [-0.3, -0.25) is 4.79 Å². The number of anilines is 2. The second-order valence-electron chi connectivity index (χ2n) is 4.60. The smallest absolute Gasteiger partial charge is 0.243 e. The Bertz CT molecular complexity index is 708. The van der Waals surface area contributed by atoms with Crippen LogP contribution in [0.4, 0.5) is 11.4 Å². The predicted octanol–water partition coefficient (Wildman–Crippen LogP) is 4.06. The van der Waals surface area contributed by atoms with Gasteiger partial charge in [0, 0.05) is 22.8 Å². The van der Waals surface area contributed by atoms with Gasteiger partial charge >= 0.3 is 0 Å². The molecule has 7 heteroatoms. The van der Waals surface area contributed by atoms with Crippen molar-refractivity contribution >= 4 is 40.5 Å². The van der Waals surface area contributed by atoms with Gasteiger partial charge in [-0.05, 0) is 18.2 Å². The lowest BCUT2D eigenvalue weighted by molar-refractivity contribution is -0.114. The van der Waals surface area contributed by atoms with E-state index in [1.807, 2.05) is 0 Å². The molecule has 0 radical (unpaired) electrons. The van der Waals surface area contributed by atoms with Gasteiger partial charge in [-0.15, -0.1) is 0 Å². The average Bonchev–Trinajstić information content (AvgIpc) is 2.53.